The minimum absolute atomic E-state index is 0.0241. The van der Waals surface area contributed by atoms with E-state index >= 15 is 0 Å². The summed E-state index contributed by atoms with van der Waals surface area (Å²) in [7, 11) is 0. The minimum atomic E-state index is -1.09. The Labute approximate surface area is 357 Å². The Morgan fingerprint density at radius 2 is 1.07 bits per heavy atom. The number of carbonyl (C=O) groups is 3. The highest BCUT2D eigenvalue weighted by Gasteiger charge is 2.29. The molecule has 0 aliphatic heterocycles. The van der Waals surface area contributed by atoms with Gasteiger partial charge in [0.15, 0.2) is 0 Å². The number of carbonyl (C=O) groups excluding carboxylic acids is 3. The van der Waals surface area contributed by atoms with E-state index in [1.54, 1.807) is 0 Å². The summed E-state index contributed by atoms with van der Waals surface area (Å²) in [6.07, 6.45) is 8.20. The first-order chi connectivity index (χ1) is 29.7. The minimum Gasteiger partial charge on any atom is -0.460 e. The molecule has 4 aromatic carbocycles. The van der Waals surface area contributed by atoms with Gasteiger partial charge in [-0.15, -0.1) is 0 Å². The van der Waals surface area contributed by atoms with Gasteiger partial charge < -0.3 is 52.4 Å². The van der Waals surface area contributed by atoms with E-state index in [1.807, 2.05) is 116 Å². The molecule has 0 bridgehead atoms. The first kappa shape index (κ1) is 46.2. The largest absolute Gasteiger partial charge is 0.460 e. The number of ether oxygens (including phenoxy) is 3. The molecule has 13 nitrogen and oxygen atoms in total. The third kappa shape index (κ3) is 15.0. The number of esters is 3. The van der Waals surface area contributed by atoms with Gasteiger partial charge in [-0.25, -0.2) is 4.79 Å². The maximum atomic E-state index is 12.9. The van der Waals surface area contributed by atoms with E-state index in [2.05, 4.69) is 21.4 Å². The van der Waals surface area contributed by atoms with Gasteiger partial charge in [0.05, 0.1) is 0 Å². The van der Waals surface area contributed by atoms with Crippen LogP contribution in [0.3, 0.4) is 0 Å². The van der Waals surface area contributed by atoms with Gasteiger partial charge in [0.1, 0.15) is 25.3 Å². The monoisotopic (exact) mass is 831 g/mol. The fourth-order valence-corrected chi connectivity index (χ4v) is 6.88. The molecule has 0 spiro atoms. The maximum absolute atomic E-state index is 12.9. The molecule has 0 aliphatic rings. The lowest BCUT2D eigenvalue weighted by Crippen LogP contribution is -2.45. The van der Waals surface area contributed by atoms with Gasteiger partial charge >= 0.3 is 17.9 Å². The molecule has 61 heavy (non-hydrogen) atoms. The first-order valence-corrected chi connectivity index (χ1v) is 21.1. The molecule has 0 amide bonds. The van der Waals surface area contributed by atoms with Crippen LogP contribution in [0.4, 0.5) is 0 Å². The third-order valence-electron chi connectivity index (χ3n) is 10.4. The number of rotatable bonds is 23. The molecule has 324 valence electrons. The van der Waals surface area contributed by atoms with Gasteiger partial charge in [-0.05, 0) is 73.2 Å². The molecular formula is C48H61N7O6. The molecule has 2 aromatic heterocycles. The Balaban J connectivity index is 0.000000231. The lowest BCUT2D eigenvalue weighted by atomic mass is 10.0. The van der Waals surface area contributed by atoms with Crippen molar-refractivity contribution in [3.63, 3.8) is 0 Å². The van der Waals surface area contributed by atoms with Crippen LogP contribution < -0.4 is 28.3 Å². The quantitative estimate of drug-likeness (QED) is 0.0236. The Hall–Kier alpha value is -5.83. The van der Waals surface area contributed by atoms with Gasteiger partial charge in [-0.3, -0.25) is 9.59 Å². The summed E-state index contributed by atoms with van der Waals surface area (Å²) in [4.78, 5) is 44.7. The van der Waals surface area contributed by atoms with Crippen molar-refractivity contribution in [2.75, 3.05) is 19.6 Å². The van der Waals surface area contributed by atoms with Crippen LogP contribution >= 0.6 is 0 Å². The van der Waals surface area contributed by atoms with Crippen molar-refractivity contribution in [2.24, 2.45) is 22.9 Å². The number of para-hydroxylation sites is 2. The molecule has 11 N–H and O–H groups in total. The molecular weight excluding hydrogens is 771 g/mol. The van der Waals surface area contributed by atoms with E-state index in [1.165, 1.54) is 0 Å². The number of aromatic amines is 2. The number of hydrogen-bond donors (Lipinski definition) is 7. The van der Waals surface area contributed by atoms with Gasteiger partial charge in [0.2, 0.25) is 6.10 Å². The van der Waals surface area contributed by atoms with Crippen molar-refractivity contribution in [3.05, 3.63) is 144 Å². The Bertz CT molecular complexity index is 2210. The Kier molecular flexibility index (Phi) is 19.0. The second kappa shape index (κ2) is 25.1. The predicted octanol–water partition coefficient (Wildman–Crippen LogP) is 5.69. The molecule has 0 aliphatic carbocycles. The summed E-state index contributed by atoms with van der Waals surface area (Å²) in [5, 5.41) is 5.42. The van der Waals surface area contributed by atoms with Crippen LogP contribution in [-0.2, 0) is 54.6 Å². The summed E-state index contributed by atoms with van der Waals surface area (Å²) in [6, 6.07) is 33.6. The molecule has 6 aromatic rings. The average molecular weight is 832 g/mol. The number of nitrogens with two attached hydrogens (primary N) is 4. The number of hydrogen-bond acceptors (Lipinski definition) is 11. The van der Waals surface area contributed by atoms with E-state index in [0.29, 0.717) is 32.5 Å². The van der Waals surface area contributed by atoms with Crippen LogP contribution in [0.2, 0.25) is 0 Å². The van der Waals surface area contributed by atoms with Gasteiger partial charge in [-0.1, -0.05) is 110 Å². The van der Waals surface area contributed by atoms with Crippen molar-refractivity contribution in [1.82, 2.24) is 15.3 Å². The molecule has 13 heteroatoms. The van der Waals surface area contributed by atoms with Gasteiger partial charge in [-0.2, -0.15) is 0 Å². The lowest BCUT2D eigenvalue weighted by molar-refractivity contribution is -0.169. The number of H-pyrrole nitrogens is 2. The second-order valence-electron chi connectivity index (χ2n) is 15.1. The predicted molar refractivity (Wildman–Crippen MR) is 240 cm³/mol. The van der Waals surface area contributed by atoms with Crippen LogP contribution in [0, 0.1) is 0 Å². The lowest BCUT2D eigenvalue weighted by Gasteiger charge is -2.20. The van der Waals surface area contributed by atoms with E-state index in [9.17, 15) is 14.4 Å². The van der Waals surface area contributed by atoms with Crippen molar-refractivity contribution in [2.45, 2.75) is 88.8 Å². The standard InChI is InChI=1S/C24H32N4O2.C24H29N3O4/c25-13-7-6-10-20(26)16-28-23(24(29)30-17-18-8-2-1-3-9-18)14-19-15-27-22-12-5-4-11-21(19)22;25-13-7-6-11-20(26)23(28)31-22(24(29)30-16-17-8-2-1-3-9-17)14-18-15-27-21-12-5-4-10-19(18)21/h1-5,8-9,11-12,15,20,23,27-28H,6-7,10,13-14,16-17,25-26H2;1-5,8-10,12,15,20,22,27H,6-7,11,13-14,16,25-26H2/t20-,23-;20-,22-/m00/s1. The zero-order chi connectivity index (χ0) is 43.2. The molecule has 0 saturated heterocycles. The zero-order valence-electron chi connectivity index (χ0n) is 34.8. The van der Waals surface area contributed by atoms with E-state index in [-0.39, 0.29) is 31.6 Å². The van der Waals surface area contributed by atoms with E-state index in [4.69, 9.17) is 37.1 Å². The molecule has 6 rings (SSSR count). The normalized spacial score (nSPS) is 13.1. The van der Waals surface area contributed by atoms with Crippen molar-refractivity contribution in [1.29, 1.82) is 0 Å². The van der Waals surface area contributed by atoms with Gasteiger partial charge in [0, 0.05) is 59.6 Å². The summed E-state index contributed by atoms with van der Waals surface area (Å²) in [5.74, 6) is -1.48. The second-order valence-corrected chi connectivity index (χ2v) is 15.1. The van der Waals surface area contributed by atoms with Crippen LogP contribution in [0.15, 0.2) is 122 Å². The fraction of sp³-hybridized carbons (Fsp3) is 0.354. The fourth-order valence-electron chi connectivity index (χ4n) is 6.88. The molecule has 0 fully saturated rings. The number of nitrogens with one attached hydrogen (secondary N) is 3. The van der Waals surface area contributed by atoms with Crippen LogP contribution in [0.5, 0.6) is 0 Å². The van der Waals surface area contributed by atoms with Crippen molar-refractivity contribution >= 4 is 39.7 Å². The summed E-state index contributed by atoms with van der Waals surface area (Å²) < 4.78 is 16.6. The van der Waals surface area contributed by atoms with E-state index < -0.39 is 30.1 Å². The Morgan fingerprint density at radius 3 is 1.62 bits per heavy atom. The van der Waals surface area contributed by atoms with Crippen LogP contribution in [0.25, 0.3) is 21.8 Å². The topological polar surface area (TPSA) is 227 Å². The highest BCUT2D eigenvalue weighted by atomic mass is 16.6. The zero-order valence-corrected chi connectivity index (χ0v) is 34.8. The Morgan fingerprint density at radius 1 is 0.574 bits per heavy atom. The van der Waals surface area contributed by atoms with Crippen molar-refractivity contribution < 1.29 is 28.6 Å². The number of aromatic nitrogens is 2. The maximum Gasteiger partial charge on any atom is 0.348 e. The number of unbranched alkanes of at least 4 members (excludes halogenated alkanes) is 2. The highest BCUT2D eigenvalue weighted by Crippen LogP contribution is 2.22. The summed E-state index contributed by atoms with van der Waals surface area (Å²) in [6.45, 7) is 2.13. The average Bonchev–Trinajstić information content (AvgIpc) is 3.90. The van der Waals surface area contributed by atoms with Crippen LogP contribution in [0.1, 0.15) is 60.8 Å². The van der Waals surface area contributed by atoms with Crippen LogP contribution in [-0.4, -0.2) is 71.7 Å². The smallest absolute Gasteiger partial charge is 0.348 e. The molecule has 0 radical (unpaired) electrons. The molecule has 2 heterocycles. The number of benzene rings is 4. The third-order valence-corrected chi connectivity index (χ3v) is 10.4. The summed E-state index contributed by atoms with van der Waals surface area (Å²) >= 11 is 0. The highest BCUT2D eigenvalue weighted by molar-refractivity contribution is 5.86. The molecule has 0 saturated carbocycles. The first-order valence-electron chi connectivity index (χ1n) is 21.1. The van der Waals surface area contributed by atoms with Crippen molar-refractivity contribution in [3.8, 4) is 0 Å². The van der Waals surface area contributed by atoms with E-state index in [0.717, 1.165) is 76.2 Å². The number of fused-ring (bicyclic) bond motifs is 2. The SMILES string of the molecule is NCCCC[C@H](N)C(=O)O[C@@H](Cc1c[nH]c2ccccc12)C(=O)OCc1ccccc1.NCCCC[C@H](N)CN[C@@H](Cc1c[nH]c2ccccc12)C(=O)OCc1ccccc1. The summed E-state index contributed by atoms with van der Waals surface area (Å²) in [5.41, 5.74) is 29.0. The van der Waals surface area contributed by atoms with Gasteiger partial charge in [0.25, 0.3) is 0 Å². The molecule has 4 atom stereocenters. The molecule has 0 unspecified atom stereocenters.